The quantitative estimate of drug-likeness (QED) is 0.786. The van der Waals surface area contributed by atoms with E-state index in [1.807, 2.05) is 27.7 Å². The molecule has 0 aromatic heterocycles. The summed E-state index contributed by atoms with van der Waals surface area (Å²) in [6.45, 7) is 9.62. The number of ether oxygens (including phenoxy) is 1. The molecule has 1 aliphatic heterocycles. The molecule has 0 bridgehead atoms. The molecule has 1 N–H and O–H groups in total. The molecule has 146 valence electrons. The Kier molecular flexibility index (Phi) is 7.06. The molecule has 1 saturated heterocycles. The van der Waals surface area contributed by atoms with E-state index in [4.69, 9.17) is 4.74 Å². The van der Waals surface area contributed by atoms with Gasteiger partial charge in [-0.25, -0.2) is 8.42 Å². The molecule has 6 nitrogen and oxygen atoms in total. The van der Waals surface area contributed by atoms with E-state index in [0.717, 1.165) is 12.0 Å². The number of nitrogens with one attached hydrogen (secondary N) is 1. The molecule has 1 atom stereocenters. The van der Waals surface area contributed by atoms with Crippen molar-refractivity contribution in [2.75, 3.05) is 26.2 Å². The average molecular weight is 383 g/mol. The van der Waals surface area contributed by atoms with Crippen molar-refractivity contribution in [2.24, 2.45) is 11.8 Å². The van der Waals surface area contributed by atoms with Crippen LogP contribution in [0.1, 0.15) is 39.2 Å². The first-order chi connectivity index (χ1) is 12.3. The summed E-state index contributed by atoms with van der Waals surface area (Å²) in [5.41, 5.74) is 0.788. The van der Waals surface area contributed by atoms with Crippen molar-refractivity contribution in [1.29, 1.82) is 0 Å². The second-order valence-electron chi connectivity index (χ2n) is 7.20. The minimum Gasteiger partial charge on any atom is -0.494 e. The SMILES string of the molecule is CCOc1ccc(S(=O)(=O)N2CCC[C@@H](C(=O)NCC(C)C)C2)cc1C. The van der Waals surface area contributed by atoms with Crippen LogP contribution in [-0.4, -0.2) is 44.9 Å². The van der Waals surface area contributed by atoms with Crippen LogP contribution in [0.5, 0.6) is 5.75 Å². The van der Waals surface area contributed by atoms with Gasteiger partial charge in [-0.15, -0.1) is 0 Å². The summed E-state index contributed by atoms with van der Waals surface area (Å²) in [5.74, 6) is 0.716. The highest BCUT2D eigenvalue weighted by molar-refractivity contribution is 7.89. The molecule has 1 amide bonds. The zero-order valence-corrected chi connectivity index (χ0v) is 16.9. The maximum atomic E-state index is 13.0. The van der Waals surface area contributed by atoms with Gasteiger partial charge in [-0.2, -0.15) is 4.31 Å². The lowest BCUT2D eigenvalue weighted by atomic mass is 9.98. The van der Waals surface area contributed by atoms with Crippen LogP contribution in [0.25, 0.3) is 0 Å². The lowest BCUT2D eigenvalue weighted by Crippen LogP contribution is -2.45. The highest BCUT2D eigenvalue weighted by Crippen LogP contribution is 2.27. The maximum absolute atomic E-state index is 13.0. The summed E-state index contributed by atoms with van der Waals surface area (Å²) < 4.78 is 32.9. The number of nitrogens with zero attached hydrogens (tertiary/aromatic N) is 1. The van der Waals surface area contributed by atoms with E-state index < -0.39 is 10.0 Å². The number of hydrogen-bond acceptors (Lipinski definition) is 4. The molecule has 0 spiro atoms. The fourth-order valence-corrected chi connectivity index (χ4v) is 4.68. The van der Waals surface area contributed by atoms with E-state index in [-0.39, 0.29) is 23.3 Å². The van der Waals surface area contributed by atoms with Crippen LogP contribution in [0.15, 0.2) is 23.1 Å². The zero-order valence-electron chi connectivity index (χ0n) is 16.1. The largest absolute Gasteiger partial charge is 0.494 e. The number of benzene rings is 1. The third-order valence-electron chi connectivity index (χ3n) is 4.52. The zero-order chi connectivity index (χ0) is 19.3. The summed E-state index contributed by atoms with van der Waals surface area (Å²) in [5, 5.41) is 2.92. The number of aryl methyl sites for hydroxylation is 1. The third kappa shape index (κ3) is 4.98. The van der Waals surface area contributed by atoms with E-state index in [0.29, 0.717) is 37.8 Å². The van der Waals surface area contributed by atoms with E-state index >= 15 is 0 Å². The number of rotatable bonds is 7. The lowest BCUT2D eigenvalue weighted by Gasteiger charge is -2.31. The summed E-state index contributed by atoms with van der Waals surface area (Å²) in [4.78, 5) is 12.6. The van der Waals surface area contributed by atoms with E-state index in [9.17, 15) is 13.2 Å². The molecular formula is C19H30N2O4S. The Morgan fingerprint density at radius 1 is 1.38 bits per heavy atom. The minimum absolute atomic E-state index is 0.0542. The Morgan fingerprint density at radius 2 is 2.12 bits per heavy atom. The monoisotopic (exact) mass is 382 g/mol. The standard InChI is InChI=1S/C19H30N2O4S/c1-5-25-18-9-8-17(11-15(18)4)26(23,24)21-10-6-7-16(13-21)19(22)20-12-14(2)3/h8-9,11,14,16H,5-7,10,12-13H2,1-4H3,(H,20,22)/t16-/m1/s1. The highest BCUT2D eigenvalue weighted by atomic mass is 32.2. The Morgan fingerprint density at radius 3 is 2.73 bits per heavy atom. The molecular weight excluding hydrogens is 352 g/mol. The molecule has 1 aromatic rings. The highest BCUT2D eigenvalue weighted by Gasteiger charge is 2.33. The van der Waals surface area contributed by atoms with Gasteiger partial charge in [0.25, 0.3) is 0 Å². The minimum atomic E-state index is -3.62. The Hall–Kier alpha value is -1.60. The van der Waals surface area contributed by atoms with Crippen LogP contribution in [-0.2, 0) is 14.8 Å². The van der Waals surface area contributed by atoms with Gasteiger partial charge in [0.05, 0.1) is 17.4 Å². The lowest BCUT2D eigenvalue weighted by molar-refractivity contribution is -0.126. The Bertz CT molecular complexity index is 731. The number of hydrogen-bond donors (Lipinski definition) is 1. The third-order valence-corrected chi connectivity index (χ3v) is 6.38. The topological polar surface area (TPSA) is 75.7 Å². The van der Waals surface area contributed by atoms with Gasteiger partial charge < -0.3 is 10.1 Å². The van der Waals surface area contributed by atoms with Gasteiger partial charge in [-0.05, 0) is 56.4 Å². The van der Waals surface area contributed by atoms with Gasteiger partial charge in [-0.1, -0.05) is 13.8 Å². The molecule has 2 rings (SSSR count). The van der Waals surface area contributed by atoms with Crippen LogP contribution in [0.4, 0.5) is 0 Å². The summed E-state index contributed by atoms with van der Waals surface area (Å²) in [6, 6.07) is 4.92. The first-order valence-electron chi connectivity index (χ1n) is 9.27. The second-order valence-corrected chi connectivity index (χ2v) is 9.14. The second kappa shape index (κ2) is 8.86. The maximum Gasteiger partial charge on any atom is 0.243 e. The van der Waals surface area contributed by atoms with Crippen LogP contribution >= 0.6 is 0 Å². The van der Waals surface area contributed by atoms with Gasteiger partial charge >= 0.3 is 0 Å². The van der Waals surface area contributed by atoms with Crippen molar-refractivity contribution in [2.45, 2.75) is 45.4 Å². The van der Waals surface area contributed by atoms with Crippen LogP contribution in [0.3, 0.4) is 0 Å². The summed E-state index contributed by atoms with van der Waals surface area (Å²) in [7, 11) is -3.62. The van der Waals surface area contributed by atoms with Gasteiger partial charge in [0.1, 0.15) is 5.75 Å². The van der Waals surface area contributed by atoms with Crippen molar-refractivity contribution in [3.63, 3.8) is 0 Å². The average Bonchev–Trinajstić information content (AvgIpc) is 2.61. The number of piperidine rings is 1. The van der Waals surface area contributed by atoms with Gasteiger partial charge in [-0.3, -0.25) is 4.79 Å². The van der Waals surface area contributed by atoms with Crippen molar-refractivity contribution in [1.82, 2.24) is 9.62 Å². The van der Waals surface area contributed by atoms with Gasteiger partial charge in [0.15, 0.2) is 0 Å². The first kappa shape index (κ1) is 20.7. The first-order valence-corrected chi connectivity index (χ1v) is 10.7. The predicted molar refractivity (Wildman–Crippen MR) is 102 cm³/mol. The molecule has 1 heterocycles. The van der Waals surface area contributed by atoms with Crippen molar-refractivity contribution in [3.05, 3.63) is 23.8 Å². The number of carbonyl (C=O) groups is 1. The normalized spacial score (nSPS) is 18.7. The van der Waals surface area contributed by atoms with Crippen molar-refractivity contribution >= 4 is 15.9 Å². The van der Waals surface area contributed by atoms with Crippen LogP contribution < -0.4 is 10.1 Å². The molecule has 0 unspecified atom stereocenters. The van der Waals surface area contributed by atoms with Crippen molar-refractivity contribution in [3.8, 4) is 5.75 Å². The predicted octanol–water partition coefficient (Wildman–Crippen LogP) is 2.57. The van der Waals surface area contributed by atoms with E-state index in [1.54, 1.807) is 18.2 Å². The van der Waals surface area contributed by atoms with E-state index in [1.165, 1.54) is 4.31 Å². The molecule has 0 radical (unpaired) electrons. The van der Waals surface area contributed by atoms with Gasteiger partial charge in [0, 0.05) is 19.6 Å². The molecule has 26 heavy (non-hydrogen) atoms. The Balaban J connectivity index is 2.13. The molecule has 1 aliphatic rings. The molecule has 0 saturated carbocycles. The smallest absolute Gasteiger partial charge is 0.243 e. The van der Waals surface area contributed by atoms with Crippen LogP contribution in [0.2, 0.25) is 0 Å². The van der Waals surface area contributed by atoms with Crippen LogP contribution in [0, 0.1) is 18.8 Å². The van der Waals surface area contributed by atoms with Gasteiger partial charge in [0.2, 0.25) is 15.9 Å². The summed E-state index contributed by atoms with van der Waals surface area (Å²) in [6.07, 6.45) is 1.41. The molecule has 0 aliphatic carbocycles. The fourth-order valence-electron chi connectivity index (χ4n) is 3.07. The fraction of sp³-hybridized carbons (Fsp3) is 0.632. The number of sulfonamides is 1. The van der Waals surface area contributed by atoms with Crippen molar-refractivity contribution < 1.29 is 17.9 Å². The molecule has 1 fully saturated rings. The Labute approximate surface area is 157 Å². The number of carbonyl (C=O) groups excluding carboxylic acids is 1. The number of amides is 1. The molecule has 7 heteroatoms. The summed E-state index contributed by atoms with van der Waals surface area (Å²) >= 11 is 0. The van der Waals surface area contributed by atoms with E-state index in [2.05, 4.69) is 5.32 Å². The molecule has 1 aromatic carbocycles.